The van der Waals surface area contributed by atoms with Crippen molar-refractivity contribution in [2.24, 2.45) is 5.10 Å². The van der Waals surface area contributed by atoms with Crippen LogP contribution in [0.25, 0.3) is 11.3 Å². The van der Waals surface area contributed by atoms with E-state index in [1.165, 1.54) is 0 Å². The van der Waals surface area contributed by atoms with Gasteiger partial charge < -0.3 is 9.64 Å². The maximum atomic E-state index is 12.3. The van der Waals surface area contributed by atoms with Crippen LogP contribution in [0.2, 0.25) is 0 Å². The van der Waals surface area contributed by atoms with E-state index in [1.54, 1.807) is 12.3 Å². The van der Waals surface area contributed by atoms with Crippen LogP contribution in [-0.4, -0.2) is 42.5 Å². The standard InChI is InChI=1S/C22H25N5O2/c1-15(2)29-19-11-7-17(8-12-19)20-13-21(25-24-20)22(28)26-23-14-16-5-9-18(10-6-16)27(3)4/h5-15H,1-4H3,(H,24,25)(H,26,28). The Balaban J connectivity index is 1.60. The SMILES string of the molecule is CC(C)Oc1ccc(-c2cc(C(=O)NN=Cc3ccc(N(C)C)cc3)[nH]n2)cc1. The highest BCUT2D eigenvalue weighted by Crippen LogP contribution is 2.22. The van der Waals surface area contributed by atoms with E-state index in [9.17, 15) is 4.79 Å². The summed E-state index contributed by atoms with van der Waals surface area (Å²) in [7, 11) is 3.96. The van der Waals surface area contributed by atoms with Crippen LogP contribution >= 0.6 is 0 Å². The highest BCUT2D eigenvalue weighted by atomic mass is 16.5. The number of aromatic amines is 1. The summed E-state index contributed by atoms with van der Waals surface area (Å²) in [6.07, 6.45) is 1.72. The first kappa shape index (κ1) is 20.1. The Labute approximate surface area is 170 Å². The zero-order chi connectivity index (χ0) is 20.8. The molecule has 0 bridgehead atoms. The molecule has 0 aliphatic carbocycles. The number of rotatable bonds is 7. The maximum absolute atomic E-state index is 12.3. The van der Waals surface area contributed by atoms with E-state index in [4.69, 9.17) is 4.74 Å². The number of nitrogens with zero attached hydrogens (tertiary/aromatic N) is 3. The molecule has 0 unspecified atom stereocenters. The molecule has 150 valence electrons. The smallest absolute Gasteiger partial charge is 0.289 e. The molecule has 29 heavy (non-hydrogen) atoms. The normalized spacial score (nSPS) is 11.1. The van der Waals surface area contributed by atoms with E-state index in [0.29, 0.717) is 11.4 Å². The highest BCUT2D eigenvalue weighted by Gasteiger charge is 2.10. The van der Waals surface area contributed by atoms with Gasteiger partial charge in [0.05, 0.1) is 18.0 Å². The van der Waals surface area contributed by atoms with Crippen molar-refractivity contribution in [3.05, 3.63) is 65.9 Å². The van der Waals surface area contributed by atoms with Crippen LogP contribution < -0.4 is 15.1 Å². The van der Waals surface area contributed by atoms with Gasteiger partial charge in [0.25, 0.3) is 5.91 Å². The van der Waals surface area contributed by atoms with Gasteiger partial charge in [-0.05, 0) is 61.9 Å². The van der Waals surface area contributed by atoms with Crippen LogP contribution in [0, 0.1) is 0 Å². The Morgan fingerprint density at radius 3 is 2.45 bits per heavy atom. The molecular weight excluding hydrogens is 366 g/mol. The molecule has 0 saturated carbocycles. The Morgan fingerprint density at radius 1 is 1.14 bits per heavy atom. The second-order valence-corrected chi connectivity index (χ2v) is 7.04. The molecule has 3 aromatic rings. The molecule has 7 nitrogen and oxygen atoms in total. The minimum Gasteiger partial charge on any atom is -0.491 e. The number of carbonyl (C=O) groups is 1. The summed E-state index contributed by atoms with van der Waals surface area (Å²) in [5, 5.41) is 11.0. The van der Waals surface area contributed by atoms with E-state index in [2.05, 4.69) is 20.7 Å². The second-order valence-electron chi connectivity index (χ2n) is 7.04. The van der Waals surface area contributed by atoms with Gasteiger partial charge in [0.2, 0.25) is 0 Å². The van der Waals surface area contributed by atoms with Crippen LogP contribution in [0.15, 0.2) is 59.7 Å². The Kier molecular flexibility index (Phi) is 6.29. The lowest BCUT2D eigenvalue weighted by Crippen LogP contribution is -2.18. The number of carbonyl (C=O) groups excluding carboxylic acids is 1. The molecule has 0 fully saturated rings. The minimum atomic E-state index is -0.357. The van der Waals surface area contributed by atoms with E-state index in [1.807, 2.05) is 81.4 Å². The summed E-state index contributed by atoms with van der Waals surface area (Å²) in [5.41, 5.74) is 6.40. The molecule has 0 aliphatic rings. The van der Waals surface area contributed by atoms with Crippen molar-refractivity contribution in [2.45, 2.75) is 20.0 Å². The van der Waals surface area contributed by atoms with Gasteiger partial charge in [0.15, 0.2) is 0 Å². The predicted octanol–water partition coefficient (Wildman–Crippen LogP) is 3.69. The summed E-state index contributed by atoms with van der Waals surface area (Å²) < 4.78 is 5.64. The van der Waals surface area contributed by atoms with Gasteiger partial charge >= 0.3 is 0 Å². The number of amides is 1. The summed E-state index contributed by atoms with van der Waals surface area (Å²) in [5.74, 6) is 0.440. The Hall–Kier alpha value is -3.61. The van der Waals surface area contributed by atoms with Crippen molar-refractivity contribution in [1.82, 2.24) is 15.6 Å². The zero-order valence-electron chi connectivity index (χ0n) is 17.0. The Bertz CT molecular complexity index is 973. The van der Waals surface area contributed by atoms with Crippen molar-refractivity contribution in [2.75, 3.05) is 19.0 Å². The first-order chi connectivity index (χ1) is 13.9. The zero-order valence-corrected chi connectivity index (χ0v) is 17.0. The number of hydrogen-bond acceptors (Lipinski definition) is 5. The number of hydrazone groups is 1. The quantitative estimate of drug-likeness (QED) is 0.475. The number of ether oxygens (including phenoxy) is 1. The number of hydrogen-bond donors (Lipinski definition) is 2. The first-order valence-electron chi connectivity index (χ1n) is 9.35. The first-order valence-corrected chi connectivity index (χ1v) is 9.35. The van der Waals surface area contributed by atoms with E-state index in [-0.39, 0.29) is 12.0 Å². The van der Waals surface area contributed by atoms with Crippen LogP contribution in [0.3, 0.4) is 0 Å². The van der Waals surface area contributed by atoms with Crippen LogP contribution in [0.5, 0.6) is 5.75 Å². The van der Waals surface area contributed by atoms with Crippen molar-refractivity contribution in [3.63, 3.8) is 0 Å². The van der Waals surface area contributed by atoms with Gasteiger partial charge in [0, 0.05) is 25.3 Å². The molecule has 7 heteroatoms. The van der Waals surface area contributed by atoms with Gasteiger partial charge in [-0.2, -0.15) is 10.2 Å². The fraction of sp³-hybridized carbons (Fsp3) is 0.227. The molecule has 2 N–H and O–H groups in total. The van der Waals surface area contributed by atoms with Crippen LogP contribution in [-0.2, 0) is 0 Å². The van der Waals surface area contributed by atoms with Gasteiger partial charge in [0.1, 0.15) is 11.4 Å². The summed E-state index contributed by atoms with van der Waals surface area (Å²) >= 11 is 0. The maximum Gasteiger partial charge on any atom is 0.289 e. The van der Waals surface area contributed by atoms with Crippen molar-refractivity contribution >= 4 is 17.8 Å². The summed E-state index contributed by atoms with van der Waals surface area (Å²) in [4.78, 5) is 14.3. The fourth-order valence-corrected chi connectivity index (χ4v) is 2.65. The molecule has 0 saturated heterocycles. The largest absolute Gasteiger partial charge is 0.491 e. The fourth-order valence-electron chi connectivity index (χ4n) is 2.65. The molecule has 3 rings (SSSR count). The predicted molar refractivity (Wildman–Crippen MR) is 116 cm³/mol. The third kappa shape index (κ3) is 5.44. The topological polar surface area (TPSA) is 82.6 Å². The number of aromatic nitrogens is 2. The molecular formula is C22H25N5O2. The molecule has 2 aromatic carbocycles. The average molecular weight is 391 g/mol. The second kappa shape index (κ2) is 9.05. The molecule has 1 amide bonds. The number of nitrogens with one attached hydrogen (secondary N) is 2. The number of anilines is 1. The van der Waals surface area contributed by atoms with Crippen molar-refractivity contribution < 1.29 is 9.53 Å². The van der Waals surface area contributed by atoms with Gasteiger partial charge in [-0.15, -0.1) is 0 Å². The molecule has 0 radical (unpaired) electrons. The third-order valence-corrected chi connectivity index (χ3v) is 4.13. The lowest BCUT2D eigenvalue weighted by atomic mass is 10.1. The van der Waals surface area contributed by atoms with Crippen molar-refractivity contribution in [1.29, 1.82) is 0 Å². The van der Waals surface area contributed by atoms with Gasteiger partial charge in [-0.1, -0.05) is 12.1 Å². The monoisotopic (exact) mass is 391 g/mol. The van der Waals surface area contributed by atoms with Gasteiger partial charge in [-0.3, -0.25) is 9.89 Å². The lowest BCUT2D eigenvalue weighted by Gasteiger charge is -2.11. The van der Waals surface area contributed by atoms with E-state index in [0.717, 1.165) is 22.6 Å². The number of benzene rings is 2. The lowest BCUT2D eigenvalue weighted by molar-refractivity contribution is 0.0950. The summed E-state index contributed by atoms with van der Waals surface area (Å²) in [6, 6.07) is 17.1. The van der Waals surface area contributed by atoms with Crippen molar-refractivity contribution in [3.8, 4) is 17.0 Å². The van der Waals surface area contributed by atoms with Crippen LogP contribution in [0.4, 0.5) is 5.69 Å². The van der Waals surface area contributed by atoms with Crippen LogP contribution in [0.1, 0.15) is 29.9 Å². The molecule has 1 aromatic heterocycles. The third-order valence-electron chi connectivity index (χ3n) is 4.13. The average Bonchev–Trinajstić information content (AvgIpc) is 3.19. The number of H-pyrrole nitrogens is 1. The molecule has 1 heterocycles. The Morgan fingerprint density at radius 2 is 1.83 bits per heavy atom. The van der Waals surface area contributed by atoms with E-state index < -0.39 is 0 Å². The summed E-state index contributed by atoms with van der Waals surface area (Å²) in [6.45, 7) is 3.96. The van der Waals surface area contributed by atoms with E-state index >= 15 is 0 Å². The minimum absolute atomic E-state index is 0.119. The molecule has 0 aliphatic heterocycles. The highest BCUT2D eigenvalue weighted by molar-refractivity contribution is 5.94. The molecule has 0 atom stereocenters. The molecule has 0 spiro atoms. The van der Waals surface area contributed by atoms with Gasteiger partial charge in [-0.25, -0.2) is 5.43 Å².